The van der Waals surface area contributed by atoms with Crippen molar-refractivity contribution in [3.05, 3.63) is 29.8 Å². The van der Waals surface area contributed by atoms with Gasteiger partial charge in [0, 0.05) is 24.5 Å². The molecule has 1 aliphatic heterocycles. The number of nitrogens with zero attached hydrogens (tertiary/aromatic N) is 1. The van der Waals surface area contributed by atoms with Crippen LogP contribution in [-0.4, -0.2) is 39.4 Å². The number of fused-ring (bicyclic) bond motifs is 1. The van der Waals surface area contributed by atoms with Crippen molar-refractivity contribution in [3.8, 4) is 0 Å². The molecule has 0 saturated heterocycles. The molecule has 1 aromatic rings. The fourth-order valence-corrected chi connectivity index (χ4v) is 3.19. The molecule has 0 radical (unpaired) electrons. The fourth-order valence-electron chi connectivity index (χ4n) is 2.58. The molecule has 1 aromatic carbocycles. The summed E-state index contributed by atoms with van der Waals surface area (Å²) < 4.78 is 22.6. The number of hydrogen-bond donors (Lipinski definition) is 1. The van der Waals surface area contributed by atoms with Crippen molar-refractivity contribution in [2.75, 3.05) is 30.0 Å². The second-order valence-electron chi connectivity index (χ2n) is 5.07. The molecule has 0 spiro atoms. The molecule has 0 bridgehead atoms. The zero-order valence-electron chi connectivity index (χ0n) is 11.8. The zero-order chi connectivity index (χ0) is 14.8. The summed E-state index contributed by atoms with van der Waals surface area (Å²) in [5, 5.41) is 3.39. The molecule has 0 saturated carbocycles. The molecule has 0 fully saturated rings. The number of carbonyl (C=O) groups excluding carboxylic acids is 1. The van der Waals surface area contributed by atoms with Gasteiger partial charge in [-0.2, -0.15) is 0 Å². The van der Waals surface area contributed by atoms with Gasteiger partial charge < -0.3 is 10.2 Å². The van der Waals surface area contributed by atoms with Crippen molar-refractivity contribution >= 4 is 21.4 Å². The lowest BCUT2D eigenvalue weighted by atomic mass is 9.96. The highest BCUT2D eigenvalue weighted by Crippen LogP contribution is 2.33. The summed E-state index contributed by atoms with van der Waals surface area (Å²) in [6, 6.07) is 7.89. The maximum Gasteiger partial charge on any atom is 0.242 e. The Morgan fingerprint density at radius 1 is 1.40 bits per heavy atom. The third-order valence-corrected chi connectivity index (χ3v) is 4.15. The standard InChI is InChI=1S/C14H20N2O3S/c1-3-15-12-8-9-16(14(17)10-20(2,18)19)13-7-5-4-6-11(12)13/h4-7,12,15H,3,8-10H2,1-2H3. The van der Waals surface area contributed by atoms with E-state index in [1.54, 1.807) is 4.90 Å². The summed E-state index contributed by atoms with van der Waals surface area (Å²) in [5.74, 6) is -0.789. The first kappa shape index (κ1) is 15.0. The highest BCUT2D eigenvalue weighted by molar-refractivity contribution is 7.91. The number of rotatable bonds is 4. The van der Waals surface area contributed by atoms with E-state index in [2.05, 4.69) is 5.32 Å². The molecule has 0 aliphatic carbocycles. The van der Waals surface area contributed by atoms with Gasteiger partial charge in [-0.1, -0.05) is 25.1 Å². The molecule has 20 heavy (non-hydrogen) atoms. The van der Waals surface area contributed by atoms with Gasteiger partial charge in [0.1, 0.15) is 5.75 Å². The number of para-hydroxylation sites is 1. The first-order chi connectivity index (χ1) is 9.42. The number of sulfone groups is 1. The van der Waals surface area contributed by atoms with Gasteiger partial charge >= 0.3 is 0 Å². The third-order valence-electron chi connectivity index (χ3n) is 3.38. The Balaban J connectivity index is 2.29. The average Bonchev–Trinajstić information content (AvgIpc) is 2.37. The smallest absolute Gasteiger partial charge is 0.242 e. The van der Waals surface area contributed by atoms with E-state index in [-0.39, 0.29) is 11.9 Å². The topological polar surface area (TPSA) is 66.5 Å². The molecule has 6 heteroatoms. The van der Waals surface area contributed by atoms with Gasteiger partial charge in [0.05, 0.1) is 0 Å². The Morgan fingerprint density at radius 3 is 2.75 bits per heavy atom. The molecule has 1 atom stereocenters. The number of anilines is 1. The molecular weight excluding hydrogens is 276 g/mol. The van der Waals surface area contributed by atoms with Crippen molar-refractivity contribution in [1.29, 1.82) is 0 Å². The van der Waals surface area contributed by atoms with Gasteiger partial charge in [-0.05, 0) is 24.6 Å². The molecular formula is C14H20N2O3S. The van der Waals surface area contributed by atoms with Crippen LogP contribution in [0.4, 0.5) is 5.69 Å². The van der Waals surface area contributed by atoms with Crippen molar-refractivity contribution in [2.24, 2.45) is 0 Å². The van der Waals surface area contributed by atoms with E-state index in [4.69, 9.17) is 0 Å². The number of carbonyl (C=O) groups is 1. The van der Waals surface area contributed by atoms with Gasteiger partial charge in [-0.3, -0.25) is 4.79 Å². The molecule has 110 valence electrons. The summed E-state index contributed by atoms with van der Waals surface area (Å²) in [6.07, 6.45) is 1.88. The Morgan fingerprint density at radius 2 is 2.10 bits per heavy atom. The van der Waals surface area contributed by atoms with Gasteiger partial charge in [-0.25, -0.2) is 8.42 Å². The molecule has 2 rings (SSSR count). The van der Waals surface area contributed by atoms with Crippen LogP contribution >= 0.6 is 0 Å². The van der Waals surface area contributed by atoms with Crippen LogP contribution in [-0.2, 0) is 14.6 Å². The number of nitrogens with one attached hydrogen (secondary N) is 1. The predicted molar refractivity (Wildman–Crippen MR) is 79.5 cm³/mol. The molecule has 1 amide bonds. The van der Waals surface area contributed by atoms with E-state index in [1.165, 1.54) is 0 Å². The highest BCUT2D eigenvalue weighted by atomic mass is 32.2. The largest absolute Gasteiger partial charge is 0.311 e. The maximum atomic E-state index is 12.2. The monoisotopic (exact) mass is 296 g/mol. The Labute approximate surface area is 119 Å². The second kappa shape index (κ2) is 5.93. The summed E-state index contributed by atoms with van der Waals surface area (Å²) in [4.78, 5) is 13.8. The Bertz CT molecular complexity index is 598. The van der Waals surface area contributed by atoms with E-state index in [9.17, 15) is 13.2 Å². The lowest BCUT2D eigenvalue weighted by Crippen LogP contribution is -2.42. The quantitative estimate of drug-likeness (QED) is 0.904. The minimum absolute atomic E-state index is 0.221. The normalized spacial score (nSPS) is 18.7. The van der Waals surface area contributed by atoms with Crippen LogP contribution in [0.1, 0.15) is 24.9 Å². The van der Waals surface area contributed by atoms with Crippen molar-refractivity contribution in [3.63, 3.8) is 0 Å². The predicted octanol–water partition coefficient (Wildman–Crippen LogP) is 1.12. The van der Waals surface area contributed by atoms with Crippen LogP contribution in [0.3, 0.4) is 0 Å². The van der Waals surface area contributed by atoms with Crippen LogP contribution in [0, 0.1) is 0 Å². The van der Waals surface area contributed by atoms with Gasteiger partial charge in [0.2, 0.25) is 5.91 Å². The lowest BCUT2D eigenvalue weighted by Gasteiger charge is -2.34. The Hall–Kier alpha value is -1.40. The highest BCUT2D eigenvalue weighted by Gasteiger charge is 2.29. The lowest BCUT2D eigenvalue weighted by molar-refractivity contribution is -0.116. The zero-order valence-corrected chi connectivity index (χ0v) is 12.6. The van der Waals surface area contributed by atoms with Crippen LogP contribution in [0.5, 0.6) is 0 Å². The van der Waals surface area contributed by atoms with Gasteiger partial charge in [0.15, 0.2) is 9.84 Å². The average molecular weight is 296 g/mol. The third kappa shape index (κ3) is 3.37. The minimum atomic E-state index is -3.31. The van der Waals surface area contributed by atoms with Gasteiger partial charge in [0.25, 0.3) is 0 Å². The van der Waals surface area contributed by atoms with E-state index < -0.39 is 15.6 Å². The first-order valence-electron chi connectivity index (χ1n) is 6.72. The number of amides is 1. The summed E-state index contributed by atoms with van der Waals surface area (Å²) in [7, 11) is -3.31. The Kier molecular flexibility index (Phi) is 4.45. The molecule has 1 N–H and O–H groups in total. The molecule has 1 unspecified atom stereocenters. The molecule has 1 aliphatic rings. The SMILES string of the molecule is CCNC1CCN(C(=O)CS(C)(=O)=O)c2ccccc21. The van der Waals surface area contributed by atoms with Crippen molar-refractivity contribution in [2.45, 2.75) is 19.4 Å². The van der Waals surface area contributed by atoms with E-state index >= 15 is 0 Å². The molecule has 0 aromatic heterocycles. The van der Waals surface area contributed by atoms with E-state index in [0.29, 0.717) is 6.54 Å². The fraction of sp³-hybridized carbons (Fsp3) is 0.500. The summed E-state index contributed by atoms with van der Waals surface area (Å²) in [6.45, 7) is 3.45. The summed E-state index contributed by atoms with van der Waals surface area (Å²) in [5.41, 5.74) is 1.88. The second-order valence-corrected chi connectivity index (χ2v) is 7.21. The van der Waals surface area contributed by atoms with E-state index in [0.717, 1.165) is 30.5 Å². The minimum Gasteiger partial charge on any atom is -0.311 e. The van der Waals surface area contributed by atoms with E-state index in [1.807, 2.05) is 31.2 Å². The van der Waals surface area contributed by atoms with Crippen LogP contribution < -0.4 is 10.2 Å². The van der Waals surface area contributed by atoms with Crippen molar-refractivity contribution in [1.82, 2.24) is 5.32 Å². The maximum absolute atomic E-state index is 12.2. The van der Waals surface area contributed by atoms with Crippen molar-refractivity contribution < 1.29 is 13.2 Å². The van der Waals surface area contributed by atoms with Gasteiger partial charge in [-0.15, -0.1) is 0 Å². The summed E-state index contributed by atoms with van der Waals surface area (Å²) >= 11 is 0. The molecule has 5 nitrogen and oxygen atoms in total. The first-order valence-corrected chi connectivity index (χ1v) is 8.79. The number of hydrogen-bond acceptors (Lipinski definition) is 4. The molecule has 1 heterocycles. The van der Waals surface area contributed by atoms with Crippen LogP contribution in [0.25, 0.3) is 0 Å². The van der Waals surface area contributed by atoms with Crippen LogP contribution in [0.15, 0.2) is 24.3 Å². The number of benzene rings is 1. The van der Waals surface area contributed by atoms with Crippen LogP contribution in [0.2, 0.25) is 0 Å².